The minimum Gasteiger partial charge on any atom is -0.394 e. The average Bonchev–Trinajstić information content (AvgIpc) is 1.98. The third-order valence-electron chi connectivity index (χ3n) is 1.66. The Morgan fingerprint density at radius 1 is 1.62 bits per heavy atom. The van der Waals surface area contributed by atoms with Gasteiger partial charge in [0.1, 0.15) is 5.69 Å². The van der Waals surface area contributed by atoms with Crippen LogP contribution in [0.3, 0.4) is 0 Å². The maximum Gasteiger partial charge on any atom is 0.289 e. The van der Waals surface area contributed by atoms with Gasteiger partial charge in [0.2, 0.25) is 0 Å². The first kappa shape index (κ1) is 9.77. The largest absolute Gasteiger partial charge is 0.394 e. The maximum absolute atomic E-state index is 11.4. The van der Waals surface area contributed by atoms with Gasteiger partial charge in [-0.2, -0.15) is 5.10 Å². The molecule has 0 aliphatic rings. The highest BCUT2D eigenvalue weighted by atomic mass is 16.1. The monoisotopic (exact) mass is 181 g/mol. The topological polar surface area (TPSA) is 60.9 Å². The Hall–Kier alpha value is -1.32. The molecule has 0 spiro atoms. The maximum atomic E-state index is 11.4. The highest BCUT2D eigenvalue weighted by molar-refractivity contribution is 5.34. The molecule has 0 fully saturated rings. The predicted molar refractivity (Wildman–Crippen MR) is 52.5 cm³/mol. The van der Waals surface area contributed by atoms with Crippen LogP contribution >= 0.6 is 0 Å². The summed E-state index contributed by atoms with van der Waals surface area (Å²) in [6.45, 7) is 6.51. The van der Waals surface area contributed by atoms with Gasteiger partial charge >= 0.3 is 0 Å². The first-order chi connectivity index (χ1) is 6.00. The number of nitrogen functional groups attached to an aromatic ring is 1. The summed E-state index contributed by atoms with van der Waals surface area (Å²) in [6, 6.07) is 1.60. The van der Waals surface area contributed by atoms with Crippen LogP contribution in [0.2, 0.25) is 0 Å². The smallest absolute Gasteiger partial charge is 0.289 e. The van der Waals surface area contributed by atoms with Crippen LogP contribution in [0.25, 0.3) is 0 Å². The molecule has 0 atom stereocenters. The summed E-state index contributed by atoms with van der Waals surface area (Å²) in [4.78, 5) is 11.4. The molecule has 0 bridgehead atoms. The number of hydrogen-bond donors (Lipinski definition) is 1. The Morgan fingerprint density at radius 3 is 2.77 bits per heavy atom. The molecule has 72 valence electrons. The Bertz CT molecular complexity index is 354. The van der Waals surface area contributed by atoms with Crippen molar-refractivity contribution in [2.75, 3.05) is 5.73 Å². The lowest BCUT2D eigenvalue weighted by molar-refractivity contribution is 0.461. The van der Waals surface area contributed by atoms with Crippen molar-refractivity contribution in [1.29, 1.82) is 0 Å². The summed E-state index contributed by atoms with van der Waals surface area (Å²) in [6.07, 6.45) is 0. The van der Waals surface area contributed by atoms with Gasteiger partial charge in [-0.25, -0.2) is 4.68 Å². The van der Waals surface area contributed by atoms with E-state index in [1.807, 2.05) is 20.8 Å². The number of nitrogens with zero attached hydrogens (tertiary/aromatic N) is 2. The number of hydrogen-bond acceptors (Lipinski definition) is 3. The lowest BCUT2D eigenvalue weighted by Crippen LogP contribution is -2.27. The Kier molecular flexibility index (Phi) is 2.70. The van der Waals surface area contributed by atoms with Gasteiger partial charge in [0, 0.05) is 6.54 Å². The molecule has 1 aromatic rings. The lowest BCUT2D eigenvalue weighted by Gasteiger charge is -2.08. The lowest BCUT2D eigenvalue weighted by atomic mass is 10.2. The van der Waals surface area contributed by atoms with Crippen LogP contribution in [-0.2, 0) is 6.54 Å². The highest BCUT2D eigenvalue weighted by Gasteiger charge is 2.04. The number of anilines is 1. The second kappa shape index (κ2) is 3.60. The molecule has 0 amide bonds. The molecule has 1 rings (SSSR count). The zero-order chi connectivity index (χ0) is 10.0. The fourth-order valence-electron chi connectivity index (χ4n) is 1.17. The first-order valence-electron chi connectivity index (χ1n) is 4.35. The van der Waals surface area contributed by atoms with Gasteiger partial charge in [-0.3, -0.25) is 4.79 Å². The molecule has 1 heterocycles. The number of aryl methyl sites for hydroxylation is 1. The molecule has 2 N–H and O–H groups in total. The molecular weight excluding hydrogens is 166 g/mol. The molecule has 1 aromatic heterocycles. The highest BCUT2D eigenvalue weighted by Crippen LogP contribution is 1.99. The summed E-state index contributed by atoms with van der Waals surface area (Å²) in [5, 5.41) is 4.10. The minimum absolute atomic E-state index is 0.195. The van der Waals surface area contributed by atoms with Crippen LogP contribution in [0, 0.1) is 12.8 Å². The Balaban J connectivity index is 3.13. The van der Waals surface area contributed by atoms with Gasteiger partial charge < -0.3 is 5.73 Å². The standard InChI is InChI=1S/C9H15N3O/c1-6(2)5-12-9(13)8(10)4-7(3)11-12/h4,6H,5,10H2,1-3H3. The molecule has 0 aliphatic carbocycles. The van der Waals surface area contributed by atoms with Gasteiger partial charge in [0.25, 0.3) is 5.56 Å². The molecule has 0 aromatic carbocycles. The summed E-state index contributed by atoms with van der Waals surface area (Å²) < 4.78 is 1.43. The van der Waals surface area contributed by atoms with Gasteiger partial charge in [-0.05, 0) is 18.9 Å². The summed E-state index contributed by atoms with van der Waals surface area (Å²) in [5.41, 5.74) is 6.38. The molecule has 0 saturated carbocycles. The summed E-state index contributed by atoms with van der Waals surface area (Å²) in [5.74, 6) is 0.395. The van der Waals surface area contributed by atoms with Gasteiger partial charge in [0.05, 0.1) is 5.69 Å². The molecule has 13 heavy (non-hydrogen) atoms. The van der Waals surface area contributed by atoms with E-state index in [1.165, 1.54) is 4.68 Å². The molecule has 0 saturated heterocycles. The van der Waals surface area contributed by atoms with Crippen molar-refractivity contribution in [3.05, 3.63) is 22.1 Å². The quantitative estimate of drug-likeness (QED) is 0.733. The Labute approximate surface area is 77.4 Å². The van der Waals surface area contributed by atoms with Gasteiger partial charge in [0.15, 0.2) is 0 Å². The van der Waals surface area contributed by atoms with Crippen LogP contribution in [0.4, 0.5) is 5.69 Å². The second-order valence-corrected chi connectivity index (χ2v) is 3.62. The third-order valence-corrected chi connectivity index (χ3v) is 1.66. The van der Waals surface area contributed by atoms with E-state index >= 15 is 0 Å². The Morgan fingerprint density at radius 2 is 2.23 bits per heavy atom. The molecule has 4 nitrogen and oxygen atoms in total. The number of nitrogens with two attached hydrogens (primary N) is 1. The van der Waals surface area contributed by atoms with Gasteiger partial charge in [-0.15, -0.1) is 0 Å². The summed E-state index contributed by atoms with van der Waals surface area (Å²) in [7, 11) is 0. The van der Waals surface area contributed by atoms with Crippen molar-refractivity contribution in [2.24, 2.45) is 5.92 Å². The zero-order valence-electron chi connectivity index (χ0n) is 8.24. The van der Waals surface area contributed by atoms with Gasteiger partial charge in [-0.1, -0.05) is 13.8 Å². The van der Waals surface area contributed by atoms with Crippen molar-refractivity contribution in [1.82, 2.24) is 9.78 Å². The van der Waals surface area contributed by atoms with Crippen LogP contribution in [0.15, 0.2) is 10.9 Å². The van der Waals surface area contributed by atoms with Crippen molar-refractivity contribution in [3.63, 3.8) is 0 Å². The molecule has 0 unspecified atom stereocenters. The fourth-order valence-corrected chi connectivity index (χ4v) is 1.17. The molecule has 0 aliphatic heterocycles. The molecule has 0 radical (unpaired) electrons. The predicted octanol–water partition coefficient (Wildman–Crippen LogP) is 0.790. The zero-order valence-corrected chi connectivity index (χ0v) is 8.24. The summed E-state index contributed by atoms with van der Waals surface area (Å²) >= 11 is 0. The molecule has 4 heteroatoms. The van der Waals surface area contributed by atoms with E-state index in [0.717, 1.165) is 5.69 Å². The number of rotatable bonds is 2. The van der Waals surface area contributed by atoms with Crippen LogP contribution < -0.4 is 11.3 Å². The van der Waals surface area contributed by atoms with Crippen LogP contribution in [-0.4, -0.2) is 9.78 Å². The molecular formula is C9H15N3O. The normalized spacial score (nSPS) is 10.8. The average molecular weight is 181 g/mol. The SMILES string of the molecule is Cc1cc(N)c(=O)n(CC(C)C)n1. The first-order valence-corrected chi connectivity index (χ1v) is 4.35. The van der Waals surface area contributed by atoms with Crippen molar-refractivity contribution in [2.45, 2.75) is 27.3 Å². The van der Waals surface area contributed by atoms with E-state index in [2.05, 4.69) is 5.10 Å². The van der Waals surface area contributed by atoms with Crippen LogP contribution in [0.1, 0.15) is 19.5 Å². The number of aromatic nitrogens is 2. The van der Waals surface area contributed by atoms with Crippen LogP contribution in [0.5, 0.6) is 0 Å². The van der Waals surface area contributed by atoms with E-state index in [1.54, 1.807) is 6.07 Å². The van der Waals surface area contributed by atoms with Crippen molar-refractivity contribution < 1.29 is 0 Å². The third kappa shape index (κ3) is 2.31. The van der Waals surface area contributed by atoms with Crippen molar-refractivity contribution in [3.8, 4) is 0 Å². The van der Waals surface area contributed by atoms with E-state index in [-0.39, 0.29) is 11.2 Å². The van der Waals surface area contributed by atoms with E-state index in [9.17, 15) is 4.79 Å². The van der Waals surface area contributed by atoms with E-state index in [4.69, 9.17) is 5.73 Å². The van der Waals surface area contributed by atoms with E-state index in [0.29, 0.717) is 12.5 Å². The fraction of sp³-hybridized carbons (Fsp3) is 0.556. The van der Waals surface area contributed by atoms with E-state index < -0.39 is 0 Å². The minimum atomic E-state index is -0.195. The van der Waals surface area contributed by atoms with Crippen molar-refractivity contribution >= 4 is 5.69 Å². The second-order valence-electron chi connectivity index (χ2n) is 3.62.